The molecular formula is C25H46N4O2. The Balaban J connectivity index is 1.65. The van der Waals surface area contributed by atoms with Crippen LogP contribution in [0.2, 0.25) is 0 Å². The van der Waals surface area contributed by atoms with Crippen LogP contribution in [-0.4, -0.2) is 96.9 Å². The van der Waals surface area contributed by atoms with Crippen molar-refractivity contribution < 1.29 is 9.59 Å². The molecule has 0 N–H and O–H groups in total. The molecule has 2 saturated heterocycles. The zero-order chi connectivity index (χ0) is 22.7. The molecule has 178 valence electrons. The first-order chi connectivity index (χ1) is 14.7. The number of likely N-dealkylation sites (tertiary alicyclic amines) is 2. The quantitative estimate of drug-likeness (QED) is 0.589. The Morgan fingerprint density at radius 1 is 0.710 bits per heavy atom. The van der Waals surface area contributed by atoms with Gasteiger partial charge in [-0.1, -0.05) is 27.7 Å². The lowest BCUT2D eigenvalue weighted by molar-refractivity contribution is -0.142. The molecule has 0 aromatic rings. The third-order valence-corrected chi connectivity index (χ3v) is 7.37. The van der Waals surface area contributed by atoms with E-state index in [1.807, 2.05) is 0 Å². The Hall–Kier alpha value is -1.14. The van der Waals surface area contributed by atoms with Crippen LogP contribution in [0.25, 0.3) is 0 Å². The molecule has 0 aromatic heterocycles. The molecule has 2 amide bonds. The number of nitrogens with zero attached hydrogens (tertiary/aromatic N) is 4. The Morgan fingerprint density at radius 2 is 1.03 bits per heavy atom. The van der Waals surface area contributed by atoms with Crippen molar-refractivity contribution in [2.75, 3.05) is 53.4 Å². The van der Waals surface area contributed by atoms with Crippen LogP contribution in [0.3, 0.4) is 0 Å². The van der Waals surface area contributed by atoms with E-state index in [2.05, 4.69) is 61.4 Å². The predicted molar refractivity (Wildman–Crippen MR) is 126 cm³/mol. The van der Waals surface area contributed by atoms with E-state index < -0.39 is 0 Å². The molecule has 0 radical (unpaired) electrons. The summed E-state index contributed by atoms with van der Waals surface area (Å²) >= 11 is 0. The second kappa shape index (κ2) is 10.7. The van der Waals surface area contributed by atoms with Crippen LogP contribution in [0.1, 0.15) is 59.8 Å². The first-order valence-corrected chi connectivity index (χ1v) is 12.6. The maximum Gasteiger partial charge on any atom is 0.226 e. The molecule has 2 heterocycles. The number of rotatable bonds is 8. The van der Waals surface area contributed by atoms with Gasteiger partial charge in [-0.2, -0.15) is 0 Å². The van der Waals surface area contributed by atoms with E-state index in [-0.39, 0.29) is 23.7 Å². The summed E-state index contributed by atoms with van der Waals surface area (Å²) in [5, 5.41) is 0. The summed E-state index contributed by atoms with van der Waals surface area (Å²) < 4.78 is 0. The monoisotopic (exact) mass is 434 g/mol. The van der Waals surface area contributed by atoms with Gasteiger partial charge >= 0.3 is 0 Å². The number of hydrogen-bond acceptors (Lipinski definition) is 4. The van der Waals surface area contributed by atoms with Gasteiger partial charge in [-0.3, -0.25) is 9.59 Å². The van der Waals surface area contributed by atoms with Gasteiger partial charge < -0.3 is 19.6 Å². The standard InChI is InChI=1S/C25H46N4O2/c1-18(2)16-28(20-7-11-26(5)12-8-20)24(30)22-15-23(22)25(31)29(17-19(3)4)21-9-13-27(6)14-10-21/h18-23H,7-17H2,1-6H3. The minimum absolute atomic E-state index is 0.0909. The fraction of sp³-hybridized carbons (Fsp3) is 0.920. The lowest BCUT2D eigenvalue weighted by Crippen LogP contribution is -2.50. The number of piperidine rings is 2. The van der Waals surface area contributed by atoms with Crippen LogP contribution >= 0.6 is 0 Å². The Kier molecular flexibility index (Phi) is 8.42. The molecule has 3 aliphatic rings. The lowest BCUT2D eigenvalue weighted by Gasteiger charge is -2.39. The maximum absolute atomic E-state index is 13.5. The van der Waals surface area contributed by atoms with Gasteiger partial charge in [-0.15, -0.1) is 0 Å². The van der Waals surface area contributed by atoms with E-state index in [1.54, 1.807) is 0 Å². The zero-order valence-corrected chi connectivity index (χ0v) is 20.8. The molecular weight excluding hydrogens is 388 g/mol. The molecule has 2 unspecified atom stereocenters. The highest BCUT2D eigenvalue weighted by molar-refractivity contribution is 5.92. The van der Waals surface area contributed by atoms with Crippen LogP contribution in [-0.2, 0) is 9.59 Å². The van der Waals surface area contributed by atoms with Crippen molar-refractivity contribution in [2.45, 2.75) is 71.9 Å². The molecule has 6 nitrogen and oxygen atoms in total. The normalized spacial score (nSPS) is 26.5. The first-order valence-electron chi connectivity index (χ1n) is 12.6. The molecule has 0 spiro atoms. The van der Waals surface area contributed by atoms with Gasteiger partial charge in [0.1, 0.15) is 0 Å². The number of amides is 2. The highest BCUT2D eigenvalue weighted by Gasteiger charge is 2.52. The Labute approximate surface area is 190 Å². The first kappa shape index (κ1) is 24.5. The van der Waals surface area contributed by atoms with E-state index in [1.165, 1.54) is 0 Å². The topological polar surface area (TPSA) is 47.1 Å². The number of carbonyl (C=O) groups excluding carboxylic acids is 2. The van der Waals surface area contributed by atoms with Gasteiger partial charge in [-0.05, 0) is 84.2 Å². The minimum atomic E-state index is -0.0909. The fourth-order valence-corrected chi connectivity index (χ4v) is 5.40. The predicted octanol–water partition coefficient (Wildman–Crippen LogP) is 2.78. The molecule has 3 fully saturated rings. The summed E-state index contributed by atoms with van der Waals surface area (Å²) in [5.41, 5.74) is 0. The van der Waals surface area contributed by atoms with Gasteiger partial charge in [0.15, 0.2) is 0 Å². The van der Waals surface area contributed by atoms with Gasteiger partial charge in [-0.25, -0.2) is 0 Å². The zero-order valence-electron chi connectivity index (χ0n) is 20.8. The fourth-order valence-electron chi connectivity index (χ4n) is 5.40. The van der Waals surface area contributed by atoms with Crippen LogP contribution in [0.5, 0.6) is 0 Å². The smallest absolute Gasteiger partial charge is 0.226 e. The van der Waals surface area contributed by atoms with E-state index in [0.29, 0.717) is 23.9 Å². The third kappa shape index (κ3) is 6.44. The molecule has 31 heavy (non-hydrogen) atoms. The average molecular weight is 435 g/mol. The minimum Gasteiger partial charge on any atom is -0.339 e. The average Bonchev–Trinajstić information content (AvgIpc) is 3.51. The van der Waals surface area contributed by atoms with Gasteiger partial charge in [0.05, 0.1) is 11.8 Å². The van der Waals surface area contributed by atoms with E-state index in [4.69, 9.17) is 0 Å². The third-order valence-electron chi connectivity index (χ3n) is 7.37. The highest BCUT2D eigenvalue weighted by Crippen LogP contribution is 2.43. The Morgan fingerprint density at radius 3 is 1.32 bits per heavy atom. The van der Waals surface area contributed by atoms with Crippen LogP contribution in [0, 0.1) is 23.7 Å². The molecule has 1 saturated carbocycles. The SMILES string of the molecule is CC(C)CN(C(=O)C1CC1C(=O)N(CC(C)C)C1CCN(C)CC1)C1CCN(C)CC1. The van der Waals surface area contributed by atoms with Crippen molar-refractivity contribution in [3.63, 3.8) is 0 Å². The summed E-state index contributed by atoms with van der Waals surface area (Å²) in [6, 6.07) is 0.672. The van der Waals surface area contributed by atoms with Crippen LogP contribution < -0.4 is 0 Å². The Bertz CT molecular complexity index is 555. The summed E-state index contributed by atoms with van der Waals surface area (Å²) in [6.45, 7) is 14.6. The van der Waals surface area contributed by atoms with Gasteiger partial charge in [0, 0.05) is 25.2 Å². The van der Waals surface area contributed by atoms with E-state index in [0.717, 1.165) is 71.4 Å². The second-order valence-corrected chi connectivity index (χ2v) is 11.3. The number of carbonyl (C=O) groups is 2. The lowest BCUT2D eigenvalue weighted by atomic mass is 10.00. The van der Waals surface area contributed by atoms with Crippen LogP contribution in [0.4, 0.5) is 0 Å². The molecule has 2 atom stereocenters. The van der Waals surface area contributed by atoms with E-state index in [9.17, 15) is 9.59 Å². The summed E-state index contributed by atoms with van der Waals surface area (Å²) in [7, 11) is 4.32. The van der Waals surface area contributed by atoms with Crippen molar-refractivity contribution >= 4 is 11.8 Å². The molecule has 6 heteroatoms. The molecule has 1 aliphatic carbocycles. The van der Waals surface area contributed by atoms with Gasteiger partial charge in [0.25, 0.3) is 0 Å². The van der Waals surface area contributed by atoms with Gasteiger partial charge in [0.2, 0.25) is 11.8 Å². The number of hydrogen-bond donors (Lipinski definition) is 0. The summed E-state index contributed by atoms with van der Waals surface area (Å²) in [6.07, 6.45) is 4.95. The van der Waals surface area contributed by atoms with E-state index >= 15 is 0 Å². The molecule has 0 bridgehead atoms. The largest absolute Gasteiger partial charge is 0.339 e. The second-order valence-electron chi connectivity index (χ2n) is 11.3. The molecule has 0 aromatic carbocycles. The van der Waals surface area contributed by atoms with Crippen molar-refractivity contribution in [1.82, 2.24) is 19.6 Å². The molecule has 3 rings (SSSR count). The van der Waals surface area contributed by atoms with Crippen molar-refractivity contribution in [2.24, 2.45) is 23.7 Å². The molecule has 2 aliphatic heterocycles. The van der Waals surface area contributed by atoms with Crippen LogP contribution in [0.15, 0.2) is 0 Å². The summed E-state index contributed by atoms with van der Waals surface area (Å²) in [4.78, 5) is 36.1. The van der Waals surface area contributed by atoms with Crippen molar-refractivity contribution in [1.29, 1.82) is 0 Å². The van der Waals surface area contributed by atoms with Crippen molar-refractivity contribution in [3.8, 4) is 0 Å². The summed E-state index contributed by atoms with van der Waals surface area (Å²) in [5.74, 6) is 1.21. The highest BCUT2D eigenvalue weighted by atomic mass is 16.2. The van der Waals surface area contributed by atoms with Crippen molar-refractivity contribution in [3.05, 3.63) is 0 Å². The maximum atomic E-state index is 13.5.